The fourth-order valence-corrected chi connectivity index (χ4v) is 4.00. The number of aryl methyl sites for hydroxylation is 1. The Kier molecular flexibility index (Phi) is 6.45. The molecule has 0 atom stereocenters. The normalized spacial score (nSPS) is 12.2. The first-order valence-electron chi connectivity index (χ1n) is 9.77. The monoisotopic (exact) mass is 458 g/mol. The number of hydrogen-bond donors (Lipinski definition) is 3. The van der Waals surface area contributed by atoms with Crippen LogP contribution in [0.4, 0.5) is 4.39 Å². The number of benzene rings is 2. The highest BCUT2D eigenvalue weighted by atomic mass is 32.1. The van der Waals surface area contributed by atoms with Crippen LogP contribution in [0.2, 0.25) is 0 Å². The van der Waals surface area contributed by atoms with E-state index in [1.165, 1.54) is 23.5 Å². The zero-order valence-corrected chi connectivity index (χ0v) is 18.6. The molecule has 0 unspecified atom stereocenters. The summed E-state index contributed by atoms with van der Waals surface area (Å²) in [6.45, 7) is 5.89. The van der Waals surface area contributed by atoms with Gasteiger partial charge in [-0.25, -0.2) is 9.18 Å². The van der Waals surface area contributed by atoms with Crippen molar-refractivity contribution >= 4 is 39.3 Å². The zero-order chi connectivity index (χ0) is 23.6. The van der Waals surface area contributed by atoms with Crippen molar-refractivity contribution < 1.29 is 23.8 Å². The number of carbonyl (C=O) groups is 2. The number of amidine groups is 1. The molecule has 0 aliphatic carbocycles. The van der Waals surface area contributed by atoms with Crippen molar-refractivity contribution in [3.05, 3.63) is 58.1 Å². The van der Waals surface area contributed by atoms with Crippen LogP contribution in [0.25, 0.3) is 10.2 Å². The van der Waals surface area contributed by atoms with Crippen molar-refractivity contribution in [3.8, 4) is 5.75 Å². The van der Waals surface area contributed by atoms with Crippen LogP contribution < -0.4 is 15.3 Å². The second-order valence-corrected chi connectivity index (χ2v) is 8.77. The molecule has 2 aromatic carbocycles. The third-order valence-electron chi connectivity index (χ3n) is 4.87. The summed E-state index contributed by atoms with van der Waals surface area (Å²) in [6.07, 6.45) is 0. The number of aliphatic carboxylic acids is 1. The van der Waals surface area contributed by atoms with Crippen LogP contribution in [-0.4, -0.2) is 34.0 Å². The Balaban J connectivity index is 1.92. The highest BCUT2D eigenvalue weighted by molar-refractivity contribution is 7.16. The van der Waals surface area contributed by atoms with Crippen molar-refractivity contribution in [3.63, 3.8) is 0 Å². The van der Waals surface area contributed by atoms with E-state index in [-0.39, 0.29) is 29.3 Å². The number of aromatic nitrogens is 1. The van der Waals surface area contributed by atoms with Crippen molar-refractivity contribution in [1.82, 2.24) is 4.57 Å². The second-order valence-electron chi connectivity index (χ2n) is 7.77. The summed E-state index contributed by atoms with van der Waals surface area (Å²) in [7, 11) is 0. The quantitative estimate of drug-likeness (QED) is 0.216. The molecule has 0 spiro atoms. The summed E-state index contributed by atoms with van der Waals surface area (Å²) in [6, 6.07) is 8.65. The topological polar surface area (TPSA) is 131 Å². The van der Waals surface area contributed by atoms with Gasteiger partial charge in [-0.15, -0.1) is 0 Å². The van der Waals surface area contributed by atoms with Crippen molar-refractivity contribution in [2.75, 3.05) is 6.54 Å². The molecule has 0 fully saturated rings. The van der Waals surface area contributed by atoms with Gasteiger partial charge in [-0.3, -0.25) is 15.2 Å². The first kappa shape index (κ1) is 23.1. The van der Waals surface area contributed by atoms with Crippen LogP contribution >= 0.6 is 11.3 Å². The molecule has 0 bridgehead atoms. The number of esters is 1. The minimum absolute atomic E-state index is 0.111. The lowest BCUT2D eigenvalue weighted by molar-refractivity contribution is -0.146. The fraction of sp³-hybridized carbons (Fsp3) is 0.273. The van der Waals surface area contributed by atoms with E-state index in [0.29, 0.717) is 11.3 Å². The van der Waals surface area contributed by atoms with Gasteiger partial charge in [-0.2, -0.15) is 0 Å². The number of nitrogens with two attached hydrogens (primary N) is 1. The third-order valence-corrected chi connectivity index (χ3v) is 5.95. The van der Waals surface area contributed by atoms with Crippen molar-refractivity contribution in [2.45, 2.75) is 27.3 Å². The van der Waals surface area contributed by atoms with Gasteiger partial charge in [0.25, 0.3) is 0 Å². The molecule has 0 saturated heterocycles. The number of carboxylic acids is 1. The SMILES string of the molecule is CCn1c(=NCC(C)(C)C(=O)O)sc2cc(C(=O)Oc3ccc(C(=N)N)cc3F)ccc21. The van der Waals surface area contributed by atoms with Gasteiger partial charge in [-0.05, 0) is 57.2 Å². The van der Waals surface area contributed by atoms with Crippen LogP contribution in [-0.2, 0) is 11.3 Å². The highest BCUT2D eigenvalue weighted by Crippen LogP contribution is 2.23. The molecule has 1 aromatic heterocycles. The van der Waals surface area contributed by atoms with E-state index in [1.54, 1.807) is 32.0 Å². The summed E-state index contributed by atoms with van der Waals surface area (Å²) < 4.78 is 22.1. The Morgan fingerprint density at radius 3 is 2.53 bits per heavy atom. The van der Waals surface area contributed by atoms with Crippen molar-refractivity contribution in [2.24, 2.45) is 16.1 Å². The molecule has 0 aliphatic heterocycles. The number of hydrogen-bond acceptors (Lipinski definition) is 6. The Hall–Kier alpha value is -3.53. The number of nitrogens with zero attached hydrogens (tertiary/aromatic N) is 2. The lowest BCUT2D eigenvalue weighted by Gasteiger charge is -2.15. The number of halogens is 1. The van der Waals surface area contributed by atoms with Gasteiger partial charge in [0.2, 0.25) is 0 Å². The number of nitrogen functional groups attached to an aromatic ring is 1. The van der Waals surface area contributed by atoms with Crippen molar-refractivity contribution in [1.29, 1.82) is 5.41 Å². The molecule has 0 aliphatic rings. The first-order chi connectivity index (χ1) is 15.0. The van der Waals surface area contributed by atoms with Crippen LogP contribution in [0.15, 0.2) is 41.4 Å². The molecule has 10 heteroatoms. The second kappa shape index (κ2) is 8.91. The number of fused-ring (bicyclic) bond motifs is 1. The van der Waals surface area contributed by atoms with Gasteiger partial charge >= 0.3 is 11.9 Å². The summed E-state index contributed by atoms with van der Waals surface area (Å²) in [4.78, 5) is 29.1. The maximum absolute atomic E-state index is 14.2. The molecule has 3 aromatic rings. The third kappa shape index (κ3) is 4.70. The van der Waals surface area contributed by atoms with Gasteiger partial charge in [0.15, 0.2) is 16.4 Å². The van der Waals surface area contributed by atoms with Gasteiger partial charge in [0, 0.05) is 12.1 Å². The standard InChI is InChI=1S/C22H23FN4O4S/c1-4-27-15-7-5-13(10-17(15)32-21(27)26-11-22(2,3)20(29)30)19(28)31-16-8-6-12(18(24)25)9-14(16)23/h5-10H,4,11H2,1-3H3,(H3,24,25)(H,29,30). The largest absolute Gasteiger partial charge is 0.481 e. The Bertz CT molecular complexity index is 1290. The molecule has 0 radical (unpaired) electrons. The van der Waals surface area contributed by atoms with E-state index in [4.69, 9.17) is 15.9 Å². The zero-order valence-electron chi connectivity index (χ0n) is 17.8. The molecular weight excluding hydrogens is 435 g/mol. The molecule has 168 valence electrons. The Morgan fingerprint density at radius 2 is 1.94 bits per heavy atom. The van der Waals surface area contributed by atoms with Gasteiger partial charge in [0.1, 0.15) is 5.84 Å². The summed E-state index contributed by atoms with van der Waals surface area (Å²) in [5.41, 5.74) is 5.60. The first-order valence-corrected chi connectivity index (χ1v) is 10.6. The highest BCUT2D eigenvalue weighted by Gasteiger charge is 2.26. The fourth-order valence-electron chi connectivity index (χ4n) is 2.87. The van der Waals surface area contributed by atoms with Crippen LogP contribution in [0.3, 0.4) is 0 Å². The van der Waals surface area contributed by atoms with Gasteiger partial charge < -0.3 is 20.1 Å². The van der Waals surface area contributed by atoms with Crippen LogP contribution in [0.1, 0.15) is 36.7 Å². The summed E-state index contributed by atoms with van der Waals surface area (Å²) in [5, 5.41) is 16.6. The maximum Gasteiger partial charge on any atom is 0.343 e. The predicted molar refractivity (Wildman–Crippen MR) is 120 cm³/mol. The molecule has 0 saturated carbocycles. The number of rotatable bonds is 7. The lowest BCUT2D eigenvalue weighted by Crippen LogP contribution is -2.28. The van der Waals surface area contributed by atoms with Crippen LogP contribution in [0, 0.1) is 16.6 Å². The molecular formula is C22H23FN4O4S. The maximum atomic E-state index is 14.2. The van der Waals surface area contributed by atoms with Crippen LogP contribution in [0.5, 0.6) is 5.75 Å². The van der Waals surface area contributed by atoms with E-state index in [0.717, 1.165) is 16.3 Å². The number of thiazole rings is 1. The molecule has 3 rings (SSSR count). The van der Waals surface area contributed by atoms with E-state index in [1.807, 2.05) is 11.5 Å². The molecule has 0 amide bonds. The van der Waals surface area contributed by atoms with E-state index in [2.05, 4.69) is 4.99 Å². The number of nitrogens with one attached hydrogen (secondary N) is 1. The van der Waals surface area contributed by atoms with E-state index < -0.39 is 23.2 Å². The average molecular weight is 459 g/mol. The predicted octanol–water partition coefficient (Wildman–Crippen LogP) is 3.38. The molecule has 8 nitrogen and oxygen atoms in total. The number of carbonyl (C=O) groups excluding carboxylic acids is 1. The average Bonchev–Trinajstić information content (AvgIpc) is 3.10. The Morgan fingerprint density at radius 1 is 1.25 bits per heavy atom. The minimum atomic E-state index is -1.00. The summed E-state index contributed by atoms with van der Waals surface area (Å²) in [5.74, 6) is -3.01. The number of ether oxygens (including phenoxy) is 1. The lowest BCUT2D eigenvalue weighted by atomic mass is 9.94. The minimum Gasteiger partial charge on any atom is -0.481 e. The Labute approximate surface area is 187 Å². The smallest absolute Gasteiger partial charge is 0.343 e. The molecule has 1 heterocycles. The molecule has 4 N–H and O–H groups in total. The van der Waals surface area contributed by atoms with E-state index in [9.17, 15) is 19.1 Å². The van der Waals surface area contributed by atoms with Gasteiger partial charge in [-0.1, -0.05) is 11.3 Å². The van der Waals surface area contributed by atoms with E-state index >= 15 is 0 Å². The van der Waals surface area contributed by atoms with Gasteiger partial charge in [0.05, 0.1) is 27.7 Å². The summed E-state index contributed by atoms with van der Waals surface area (Å²) >= 11 is 1.33. The number of carboxylic acid groups (broad SMARTS) is 1. The molecule has 32 heavy (non-hydrogen) atoms.